The Morgan fingerprint density at radius 2 is 1.63 bits per heavy atom. The fourth-order valence-corrected chi connectivity index (χ4v) is 2.68. The second kappa shape index (κ2) is 4.94. The van der Waals surface area contributed by atoms with E-state index in [1.807, 2.05) is 18.2 Å². The normalized spacial score (nSPS) is 14.7. The number of aromatic hydroxyl groups is 1. The summed E-state index contributed by atoms with van der Waals surface area (Å²) in [5.41, 5.74) is 11.3. The number of rotatable bonds is 1. The van der Waals surface area contributed by atoms with Gasteiger partial charge in [0, 0.05) is 16.8 Å². The van der Waals surface area contributed by atoms with Gasteiger partial charge in [0.1, 0.15) is 5.75 Å². The van der Waals surface area contributed by atoms with E-state index in [1.165, 1.54) is 11.1 Å². The Balaban J connectivity index is 2.12. The highest BCUT2D eigenvalue weighted by Gasteiger charge is 2.13. The average Bonchev–Trinajstić information content (AvgIpc) is 2.63. The van der Waals surface area contributed by atoms with Crippen molar-refractivity contribution in [2.24, 2.45) is 0 Å². The van der Waals surface area contributed by atoms with E-state index in [0.717, 1.165) is 42.7 Å². The molecule has 19 heavy (non-hydrogen) atoms. The first kappa shape index (κ1) is 12.1. The molecule has 98 valence electrons. The summed E-state index contributed by atoms with van der Waals surface area (Å²) in [4.78, 5) is 0. The molecule has 3 nitrogen and oxygen atoms in total. The molecule has 0 spiro atoms. The largest absolute Gasteiger partial charge is 0.507 e. The Labute approximate surface area is 113 Å². The second-order valence-corrected chi connectivity index (χ2v) is 4.98. The van der Waals surface area contributed by atoms with Crippen LogP contribution in [0.5, 0.6) is 5.75 Å². The number of phenols is 1. The smallest absolute Gasteiger partial charge is 0.123 e. The van der Waals surface area contributed by atoms with E-state index < -0.39 is 0 Å². The van der Waals surface area contributed by atoms with Gasteiger partial charge in [-0.15, -0.1) is 0 Å². The lowest BCUT2D eigenvalue weighted by Gasteiger charge is -2.13. The van der Waals surface area contributed by atoms with Crippen molar-refractivity contribution >= 4 is 5.69 Å². The van der Waals surface area contributed by atoms with E-state index in [9.17, 15) is 5.11 Å². The third-order valence-corrected chi connectivity index (χ3v) is 3.71. The summed E-state index contributed by atoms with van der Waals surface area (Å²) in [6.45, 7) is 2.00. The molecular weight excluding hydrogens is 236 g/mol. The van der Waals surface area contributed by atoms with Crippen LogP contribution in [0.15, 0.2) is 36.4 Å². The van der Waals surface area contributed by atoms with Crippen LogP contribution in [0.4, 0.5) is 5.69 Å². The zero-order valence-corrected chi connectivity index (χ0v) is 10.8. The summed E-state index contributed by atoms with van der Waals surface area (Å²) in [6.07, 6.45) is 2.02. The lowest BCUT2D eigenvalue weighted by molar-refractivity contribution is 0.477. The Morgan fingerprint density at radius 1 is 0.947 bits per heavy atom. The number of anilines is 1. The predicted molar refractivity (Wildman–Crippen MR) is 78.2 cm³/mol. The van der Waals surface area contributed by atoms with Gasteiger partial charge in [-0.1, -0.05) is 18.2 Å². The third kappa shape index (κ3) is 2.29. The standard InChI is InChI=1S/C16H18N2O/c17-15-10-12-6-8-18-7-5-11(12)9-14(15)13-3-1-2-4-16(13)19/h1-4,9-10,18-19H,5-8,17H2. The Bertz CT molecular complexity index is 608. The molecule has 0 atom stereocenters. The van der Waals surface area contributed by atoms with Gasteiger partial charge in [0.2, 0.25) is 0 Å². The first-order valence-electron chi connectivity index (χ1n) is 6.66. The van der Waals surface area contributed by atoms with Crippen molar-refractivity contribution < 1.29 is 5.11 Å². The molecule has 1 heterocycles. The van der Waals surface area contributed by atoms with Gasteiger partial charge >= 0.3 is 0 Å². The molecule has 3 rings (SSSR count). The molecule has 0 radical (unpaired) electrons. The predicted octanol–water partition coefficient (Wildman–Crippen LogP) is 2.33. The highest BCUT2D eigenvalue weighted by Crippen LogP contribution is 2.35. The minimum atomic E-state index is 0.279. The van der Waals surface area contributed by atoms with Crippen molar-refractivity contribution in [2.75, 3.05) is 18.8 Å². The molecule has 1 aliphatic heterocycles. The molecule has 0 saturated heterocycles. The monoisotopic (exact) mass is 254 g/mol. The molecule has 0 aromatic heterocycles. The van der Waals surface area contributed by atoms with Gasteiger partial charge in [0.25, 0.3) is 0 Å². The molecule has 0 fully saturated rings. The SMILES string of the molecule is Nc1cc2c(cc1-c1ccccc1O)CCNCC2. The maximum Gasteiger partial charge on any atom is 0.123 e. The summed E-state index contributed by atoms with van der Waals surface area (Å²) in [6, 6.07) is 11.5. The number of phenolic OH excluding ortho intramolecular Hbond substituents is 1. The summed E-state index contributed by atoms with van der Waals surface area (Å²) < 4.78 is 0. The first-order valence-corrected chi connectivity index (χ1v) is 6.66. The van der Waals surface area contributed by atoms with Crippen molar-refractivity contribution in [3.05, 3.63) is 47.5 Å². The number of para-hydroxylation sites is 1. The zero-order chi connectivity index (χ0) is 13.2. The van der Waals surface area contributed by atoms with Gasteiger partial charge < -0.3 is 16.2 Å². The Morgan fingerprint density at radius 3 is 2.37 bits per heavy atom. The fraction of sp³-hybridized carbons (Fsp3) is 0.250. The van der Waals surface area contributed by atoms with E-state index in [-0.39, 0.29) is 5.75 Å². The van der Waals surface area contributed by atoms with E-state index in [1.54, 1.807) is 6.07 Å². The summed E-state index contributed by atoms with van der Waals surface area (Å²) in [5.74, 6) is 0.279. The first-order chi connectivity index (χ1) is 9.25. The topological polar surface area (TPSA) is 58.3 Å². The van der Waals surface area contributed by atoms with Gasteiger partial charge in [-0.25, -0.2) is 0 Å². The molecule has 0 unspecified atom stereocenters. The van der Waals surface area contributed by atoms with Crippen LogP contribution in [-0.2, 0) is 12.8 Å². The van der Waals surface area contributed by atoms with Gasteiger partial charge in [-0.05, 0) is 55.3 Å². The number of nitrogens with one attached hydrogen (secondary N) is 1. The maximum absolute atomic E-state index is 9.98. The van der Waals surface area contributed by atoms with Crippen LogP contribution >= 0.6 is 0 Å². The molecule has 0 saturated carbocycles. The van der Waals surface area contributed by atoms with Crippen LogP contribution in [0.2, 0.25) is 0 Å². The van der Waals surface area contributed by atoms with E-state index >= 15 is 0 Å². The van der Waals surface area contributed by atoms with Crippen molar-refractivity contribution in [1.82, 2.24) is 5.32 Å². The summed E-state index contributed by atoms with van der Waals surface area (Å²) in [7, 11) is 0. The quantitative estimate of drug-likeness (QED) is 0.685. The molecule has 0 aliphatic carbocycles. The molecule has 0 bridgehead atoms. The van der Waals surface area contributed by atoms with Crippen LogP contribution in [0.25, 0.3) is 11.1 Å². The molecule has 4 N–H and O–H groups in total. The average molecular weight is 254 g/mol. The molecule has 3 heteroatoms. The van der Waals surface area contributed by atoms with Crippen molar-refractivity contribution in [2.45, 2.75) is 12.8 Å². The van der Waals surface area contributed by atoms with Gasteiger partial charge in [-0.3, -0.25) is 0 Å². The summed E-state index contributed by atoms with van der Waals surface area (Å²) >= 11 is 0. The highest BCUT2D eigenvalue weighted by atomic mass is 16.3. The number of nitrogen functional groups attached to an aromatic ring is 1. The molecule has 1 aliphatic rings. The number of benzene rings is 2. The maximum atomic E-state index is 9.98. The van der Waals surface area contributed by atoms with Gasteiger partial charge in [0.05, 0.1) is 0 Å². The van der Waals surface area contributed by atoms with Crippen molar-refractivity contribution in [3.63, 3.8) is 0 Å². The lowest BCUT2D eigenvalue weighted by atomic mass is 9.94. The van der Waals surface area contributed by atoms with Crippen LogP contribution in [0, 0.1) is 0 Å². The third-order valence-electron chi connectivity index (χ3n) is 3.71. The van der Waals surface area contributed by atoms with Gasteiger partial charge in [0.15, 0.2) is 0 Å². The van der Waals surface area contributed by atoms with Crippen LogP contribution in [0.1, 0.15) is 11.1 Å². The van der Waals surface area contributed by atoms with Crippen LogP contribution in [-0.4, -0.2) is 18.2 Å². The molecular formula is C16H18N2O. The fourth-order valence-electron chi connectivity index (χ4n) is 2.68. The lowest BCUT2D eigenvalue weighted by Crippen LogP contribution is -2.16. The summed E-state index contributed by atoms with van der Waals surface area (Å²) in [5, 5.41) is 13.4. The van der Waals surface area contributed by atoms with E-state index in [4.69, 9.17) is 5.73 Å². The number of nitrogens with two attached hydrogens (primary N) is 1. The zero-order valence-electron chi connectivity index (χ0n) is 10.8. The van der Waals surface area contributed by atoms with E-state index in [0.29, 0.717) is 0 Å². The minimum Gasteiger partial charge on any atom is -0.507 e. The molecule has 2 aromatic carbocycles. The second-order valence-electron chi connectivity index (χ2n) is 4.98. The number of hydrogen-bond acceptors (Lipinski definition) is 3. The number of fused-ring (bicyclic) bond motifs is 1. The Hall–Kier alpha value is -2.00. The van der Waals surface area contributed by atoms with Crippen LogP contribution in [0.3, 0.4) is 0 Å². The minimum absolute atomic E-state index is 0.279. The molecule has 2 aromatic rings. The Kier molecular flexibility index (Phi) is 3.13. The highest BCUT2D eigenvalue weighted by molar-refractivity contribution is 5.81. The van der Waals surface area contributed by atoms with Crippen molar-refractivity contribution in [3.8, 4) is 16.9 Å². The number of hydrogen-bond donors (Lipinski definition) is 3. The molecule has 0 amide bonds. The van der Waals surface area contributed by atoms with Gasteiger partial charge in [-0.2, -0.15) is 0 Å². The van der Waals surface area contributed by atoms with Crippen LogP contribution < -0.4 is 11.1 Å². The van der Waals surface area contributed by atoms with E-state index in [2.05, 4.69) is 17.4 Å². The van der Waals surface area contributed by atoms with Crippen molar-refractivity contribution in [1.29, 1.82) is 0 Å².